The molecule has 0 radical (unpaired) electrons. The molecular formula is C19H20N4O. The highest BCUT2D eigenvalue weighted by Gasteiger charge is 2.13. The minimum atomic E-state index is -0.0492. The van der Waals surface area contributed by atoms with Crippen LogP contribution < -0.4 is 0 Å². The van der Waals surface area contributed by atoms with Gasteiger partial charge in [0.15, 0.2) is 5.78 Å². The van der Waals surface area contributed by atoms with Gasteiger partial charge in [-0.25, -0.2) is 4.68 Å². The summed E-state index contributed by atoms with van der Waals surface area (Å²) in [7, 11) is 1.83. The molecule has 2 heterocycles. The number of aromatic nitrogens is 4. The minimum absolute atomic E-state index is 0.0492. The Kier molecular flexibility index (Phi) is 4.16. The van der Waals surface area contributed by atoms with Crippen molar-refractivity contribution < 1.29 is 4.79 Å². The van der Waals surface area contributed by atoms with Crippen LogP contribution in [0.25, 0.3) is 11.8 Å². The summed E-state index contributed by atoms with van der Waals surface area (Å²) in [5.41, 5.74) is 5.35. The van der Waals surface area contributed by atoms with Gasteiger partial charge < -0.3 is 0 Å². The van der Waals surface area contributed by atoms with Gasteiger partial charge in [-0.05, 0) is 45.1 Å². The van der Waals surface area contributed by atoms with Crippen molar-refractivity contribution in [2.75, 3.05) is 0 Å². The van der Waals surface area contributed by atoms with Crippen molar-refractivity contribution in [1.29, 1.82) is 0 Å². The van der Waals surface area contributed by atoms with Crippen LogP contribution in [0.3, 0.4) is 0 Å². The molecule has 0 aliphatic rings. The van der Waals surface area contributed by atoms with E-state index in [0.29, 0.717) is 5.56 Å². The van der Waals surface area contributed by atoms with Crippen molar-refractivity contribution in [2.24, 2.45) is 7.05 Å². The Morgan fingerprint density at radius 3 is 2.42 bits per heavy atom. The first-order valence-corrected chi connectivity index (χ1v) is 7.81. The number of rotatable bonds is 4. The van der Waals surface area contributed by atoms with E-state index in [1.54, 1.807) is 17.0 Å². The summed E-state index contributed by atoms with van der Waals surface area (Å²) in [6, 6.07) is 9.96. The van der Waals surface area contributed by atoms with Gasteiger partial charge in [-0.1, -0.05) is 18.2 Å². The molecule has 5 nitrogen and oxygen atoms in total. The van der Waals surface area contributed by atoms with Gasteiger partial charge in [-0.2, -0.15) is 10.2 Å². The number of hydrogen-bond acceptors (Lipinski definition) is 3. The van der Waals surface area contributed by atoms with E-state index in [-0.39, 0.29) is 5.78 Å². The lowest BCUT2D eigenvalue weighted by atomic mass is 10.1. The molecule has 0 N–H and O–H groups in total. The van der Waals surface area contributed by atoms with E-state index in [0.717, 1.165) is 28.3 Å². The molecule has 0 bridgehead atoms. The molecule has 2 aromatic heterocycles. The first-order valence-electron chi connectivity index (χ1n) is 7.81. The minimum Gasteiger partial charge on any atom is -0.289 e. The van der Waals surface area contributed by atoms with Crippen molar-refractivity contribution in [3.8, 4) is 5.69 Å². The van der Waals surface area contributed by atoms with Crippen LogP contribution in [-0.2, 0) is 7.05 Å². The van der Waals surface area contributed by atoms with Crippen molar-refractivity contribution in [3.05, 3.63) is 70.8 Å². The molecule has 3 aromatic rings. The van der Waals surface area contributed by atoms with E-state index in [4.69, 9.17) is 0 Å². The number of nitrogens with zero attached hydrogens (tertiary/aromatic N) is 4. The number of hydrogen-bond donors (Lipinski definition) is 0. The maximum Gasteiger partial charge on any atom is 0.189 e. The highest BCUT2D eigenvalue weighted by molar-refractivity contribution is 6.07. The number of benzene rings is 1. The fourth-order valence-corrected chi connectivity index (χ4v) is 2.71. The molecule has 122 valence electrons. The van der Waals surface area contributed by atoms with Crippen LogP contribution in [-0.4, -0.2) is 25.3 Å². The summed E-state index contributed by atoms with van der Waals surface area (Å²) >= 11 is 0. The first kappa shape index (κ1) is 15.9. The summed E-state index contributed by atoms with van der Waals surface area (Å²) < 4.78 is 3.60. The molecule has 0 saturated carbocycles. The Hall–Kier alpha value is -2.95. The zero-order valence-electron chi connectivity index (χ0n) is 14.3. The van der Waals surface area contributed by atoms with Crippen LogP contribution in [0.15, 0.2) is 42.6 Å². The van der Waals surface area contributed by atoms with Crippen molar-refractivity contribution in [3.63, 3.8) is 0 Å². The third-order valence-electron chi connectivity index (χ3n) is 4.25. The second-order valence-corrected chi connectivity index (χ2v) is 5.80. The van der Waals surface area contributed by atoms with Gasteiger partial charge in [-0.3, -0.25) is 9.48 Å². The van der Waals surface area contributed by atoms with Crippen LogP contribution in [0.5, 0.6) is 0 Å². The maximum absolute atomic E-state index is 12.4. The molecule has 0 amide bonds. The Bertz CT molecular complexity index is 916. The maximum atomic E-state index is 12.4. The topological polar surface area (TPSA) is 52.7 Å². The molecule has 5 heteroatoms. The summed E-state index contributed by atoms with van der Waals surface area (Å²) in [5.74, 6) is -0.0492. The normalized spacial score (nSPS) is 11.3. The quantitative estimate of drug-likeness (QED) is 0.547. The standard InChI is InChI=1S/C19H20N4O/c1-13-17(10-11-19(24)18-12-20-22(4)14(18)2)15(3)23(21-13)16-8-6-5-7-9-16/h5-12H,1-4H3/b11-10+. The molecule has 0 saturated heterocycles. The van der Waals surface area contributed by atoms with Crippen LogP contribution >= 0.6 is 0 Å². The van der Waals surface area contributed by atoms with Crippen LogP contribution in [0, 0.1) is 20.8 Å². The van der Waals surface area contributed by atoms with E-state index < -0.39 is 0 Å². The Morgan fingerprint density at radius 1 is 1.08 bits per heavy atom. The van der Waals surface area contributed by atoms with Gasteiger partial charge in [0, 0.05) is 24.0 Å². The highest BCUT2D eigenvalue weighted by atomic mass is 16.1. The third kappa shape index (κ3) is 2.80. The van der Waals surface area contributed by atoms with E-state index in [1.165, 1.54) is 0 Å². The fourth-order valence-electron chi connectivity index (χ4n) is 2.71. The molecule has 0 fully saturated rings. The van der Waals surface area contributed by atoms with Crippen molar-refractivity contribution >= 4 is 11.9 Å². The highest BCUT2D eigenvalue weighted by Crippen LogP contribution is 2.19. The molecule has 1 aromatic carbocycles. The third-order valence-corrected chi connectivity index (χ3v) is 4.25. The average molecular weight is 320 g/mol. The Morgan fingerprint density at radius 2 is 1.79 bits per heavy atom. The molecule has 24 heavy (non-hydrogen) atoms. The molecule has 0 aliphatic heterocycles. The molecule has 0 atom stereocenters. The Balaban J connectivity index is 1.92. The van der Waals surface area contributed by atoms with E-state index in [2.05, 4.69) is 10.2 Å². The first-order chi connectivity index (χ1) is 11.5. The van der Waals surface area contributed by atoms with Crippen LogP contribution in [0.2, 0.25) is 0 Å². The summed E-state index contributed by atoms with van der Waals surface area (Å²) in [6.45, 7) is 5.84. The average Bonchev–Trinajstić information content (AvgIpc) is 3.06. The zero-order chi connectivity index (χ0) is 17.3. The Labute approximate surface area is 141 Å². The van der Waals surface area contributed by atoms with Gasteiger partial charge in [0.25, 0.3) is 0 Å². The number of allylic oxidation sites excluding steroid dienone is 1. The number of aryl methyl sites for hydroxylation is 2. The van der Waals surface area contributed by atoms with Crippen molar-refractivity contribution in [2.45, 2.75) is 20.8 Å². The molecule has 0 unspecified atom stereocenters. The van der Waals surface area contributed by atoms with E-state index in [9.17, 15) is 4.79 Å². The lowest BCUT2D eigenvalue weighted by molar-refractivity contribution is 0.104. The number of carbonyl (C=O) groups excluding carboxylic acids is 1. The summed E-state index contributed by atoms with van der Waals surface area (Å²) in [4.78, 5) is 12.4. The van der Waals surface area contributed by atoms with Gasteiger partial charge in [0.1, 0.15) is 0 Å². The van der Waals surface area contributed by atoms with Gasteiger partial charge in [0.2, 0.25) is 0 Å². The van der Waals surface area contributed by atoms with Gasteiger partial charge in [0.05, 0.1) is 23.1 Å². The van der Waals surface area contributed by atoms with E-state index in [1.807, 2.05) is 68.9 Å². The molecular weight excluding hydrogens is 300 g/mol. The largest absolute Gasteiger partial charge is 0.289 e. The van der Waals surface area contributed by atoms with Crippen molar-refractivity contribution in [1.82, 2.24) is 19.6 Å². The summed E-state index contributed by atoms with van der Waals surface area (Å²) in [5, 5.41) is 8.71. The second kappa shape index (κ2) is 6.28. The molecule has 0 spiro atoms. The van der Waals surface area contributed by atoms with Crippen LogP contribution in [0.1, 0.15) is 33.0 Å². The predicted octanol–water partition coefficient (Wildman–Crippen LogP) is 3.43. The summed E-state index contributed by atoms with van der Waals surface area (Å²) in [6.07, 6.45) is 5.04. The second-order valence-electron chi connectivity index (χ2n) is 5.80. The predicted molar refractivity (Wildman–Crippen MR) is 94.3 cm³/mol. The number of carbonyl (C=O) groups is 1. The number of para-hydroxylation sites is 1. The van der Waals surface area contributed by atoms with Gasteiger partial charge >= 0.3 is 0 Å². The number of ketones is 1. The van der Waals surface area contributed by atoms with E-state index >= 15 is 0 Å². The van der Waals surface area contributed by atoms with Crippen LogP contribution in [0.4, 0.5) is 0 Å². The smallest absolute Gasteiger partial charge is 0.189 e. The fraction of sp³-hybridized carbons (Fsp3) is 0.211. The molecule has 3 rings (SSSR count). The SMILES string of the molecule is Cc1nn(-c2ccccc2)c(C)c1/C=C/C(=O)c1cnn(C)c1C. The van der Waals surface area contributed by atoms with Gasteiger partial charge in [-0.15, -0.1) is 0 Å². The molecule has 0 aliphatic carbocycles. The zero-order valence-corrected chi connectivity index (χ0v) is 14.3. The lowest BCUT2D eigenvalue weighted by Crippen LogP contribution is -1.99. The monoisotopic (exact) mass is 320 g/mol. The lowest BCUT2D eigenvalue weighted by Gasteiger charge is -2.03.